The van der Waals surface area contributed by atoms with Gasteiger partial charge in [-0.2, -0.15) is 0 Å². The summed E-state index contributed by atoms with van der Waals surface area (Å²) in [7, 11) is 1.55. The number of aryl methyl sites for hydroxylation is 1. The topological polar surface area (TPSA) is 63.3 Å². The zero-order valence-electron chi connectivity index (χ0n) is 14.9. The van der Waals surface area contributed by atoms with Gasteiger partial charge in [0.05, 0.1) is 12.8 Å². The number of rotatable bonds is 5. The molecule has 2 N–H and O–H groups in total. The lowest BCUT2D eigenvalue weighted by atomic mass is 10.1. The molecule has 0 fully saturated rings. The Hall–Kier alpha value is -3.15. The van der Waals surface area contributed by atoms with Crippen molar-refractivity contribution in [3.63, 3.8) is 0 Å². The zero-order valence-corrected chi connectivity index (χ0v) is 14.9. The molecule has 0 atom stereocenters. The molecule has 134 valence electrons. The molecular formula is C20H20FN3O2. The lowest BCUT2D eigenvalue weighted by Crippen LogP contribution is -2.07. The van der Waals surface area contributed by atoms with Crippen LogP contribution >= 0.6 is 0 Å². The van der Waals surface area contributed by atoms with Crippen LogP contribution in [0.3, 0.4) is 0 Å². The van der Waals surface area contributed by atoms with E-state index in [2.05, 4.69) is 15.6 Å². The van der Waals surface area contributed by atoms with Crippen molar-refractivity contribution >= 4 is 33.9 Å². The molecule has 1 amide bonds. The summed E-state index contributed by atoms with van der Waals surface area (Å²) in [5.41, 5.74) is 1.95. The molecule has 0 unspecified atom stereocenters. The number of pyridine rings is 1. The Morgan fingerprint density at radius 2 is 2.04 bits per heavy atom. The molecule has 0 bridgehead atoms. The number of carbonyl (C=O) groups excluding carboxylic acids is 1. The first-order valence-corrected chi connectivity index (χ1v) is 8.31. The van der Waals surface area contributed by atoms with E-state index in [-0.39, 0.29) is 11.7 Å². The van der Waals surface area contributed by atoms with Gasteiger partial charge in [-0.05, 0) is 53.8 Å². The summed E-state index contributed by atoms with van der Waals surface area (Å²) in [6.07, 6.45) is 2.29. The standard InChI is InChI=1S/C20H20FN3O2/c1-4-13-9-15(5-6-17(13)21)24-20-16-11-18(23-12(2)25)19(26-3)10-14(16)7-8-22-20/h5-11H,4H2,1-3H3,(H,22,24)(H,23,25). The van der Waals surface area contributed by atoms with Gasteiger partial charge >= 0.3 is 0 Å². The van der Waals surface area contributed by atoms with Crippen molar-refractivity contribution in [1.82, 2.24) is 4.98 Å². The van der Waals surface area contributed by atoms with Gasteiger partial charge in [0.1, 0.15) is 17.4 Å². The van der Waals surface area contributed by atoms with Crippen molar-refractivity contribution in [1.29, 1.82) is 0 Å². The number of aromatic nitrogens is 1. The van der Waals surface area contributed by atoms with E-state index in [1.165, 1.54) is 13.0 Å². The normalized spacial score (nSPS) is 10.6. The summed E-state index contributed by atoms with van der Waals surface area (Å²) in [5, 5.41) is 7.73. The Labute approximate surface area is 151 Å². The molecule has 6 heteroatoms. The molecule has 26 heavy (non-hydrogen) atoms. The van der Waals surface area contributed by atoms with Crippen LogP contribution in [0.15, 0.2) is 42.6 Å². The van der Waals surface area contributed by atoms with Gasteiger partial charge in [0.25, 0.3) is 0 Å². The maximum atomic E-state index is 13.7. The van der Waals surface area contributed by atoms with Crippen LogP contribution in [0.4, 0.5) is 21.6 Å². The largest absolute Gasteiger partial charge is 0.495 e. The fourth-order valence-electron chi connectivity index (χ4n) is 2.82. The first kappa shape index (κ1) is 17.7. The number of benzene rings is 2. The van der Waals surface area contributed by atoms with E-state index >= 15 is 0 Å². The van der Waals surface area contributed by atoms with Gasteiger partial charge in [-0.15, -0.1) is 0 Å². The van der Waals surface area contributed by atoms with Crippen molar-refractivity contribution < 1.29 is 13.9 Å². The summed E-state index contributed by atoms with van der Waals surface area (Å²) in [6.45, 7) is 3.35. The summed E-state index contributed by atoms with van der Waals surface area (Å²) < 4.78 is 19.1. The highest BCUT2D eigenvalue weighted by molar-refractivity contribution is 6.00. The van der Waals surface area contributed by atoms with Gasteiger partial charge < -0.3 is 15.4 Å². The minimum Gasteiger partial charge on any atom is -0.495 e. The molecule has 5 nitrogen and oxygen atoms in total. The maximum absolute atomic E-state index is 13.7. The number of anilines is 3. The Kier molecular flexibility index (Phi) is 5.02. The predicted molar refractivity (Wildman–Crippen MR) is 102 cm³/mol. The second-order valence-electron chi connectivity index (χ2n) is 5.90. The fourth-order valence-corrected chi connectivity index (χ4v) is 2.82. The molecule has 0 saturated carbocycles. The van der Waals surface area contributed by atoms with E-state index in [1.807, 2.05) is 25.1 Å². The van der Waals surface area contributed by atoms with Crippen LogP contribution in [0.25, 0.3) is 10.8 Å². The summed E-state index contributed by atoms with van der Waals surface area (Å²) in [5.74, 6) is 0.777. The molecule has 3 rings (SSSR count). The van der Waals surface area contributed by atoms with Crippen LogP contribution < -0.4 is 15.4 Å². The Bertz CT molecular complexity index is 973. The Morgan fingerprint density at radius 3 is 2.73 bits per heavy atom. The quantitative estimate of drug-likeness (QED) is 0.701. The minimum absolute atomic E-state index is 0.188. The van der Waals surface area contributed by atoms with Crippen molar-refractivity contribution in [3.8, 4) is 5.75 Å². The fraction of sp³-hybridized carbons (Fsp3) is 0.200. The van der Waals surface area contributed by atoms with E-state index < -0.39 is 0 Å². The van der Waals surface area contributed by atoms with Crippen LogP contribution in [0.1, 0.15) is 19.4 Å². The number of nitrogens with one attached hydrogen (secondary N) is 2. The highest BCUT2D eigenvalue weighted by Crippen LogP contribution is 2.34. The van der Waals surface area contributed by atoms with Crippen molar-refractivity contribution in [2.24, 2.45) is 0 Å². The number of carbonyl (C=O) groups is 1. The molecule has 0 aliphatic carbocycles. The third-order valence-corrected chi connectivity index (χ3v) is 4.08. The Morgan fingerprint density at radius 1 is 1.23 bits per heavy atom. The molecule has 0 aliphatic heterocycles. The number of nitrogens with zero attached hydrogens (tertiary/aromatic N) is 1. The monoisotopic (exact) mass is 353 g/mol. The molecule has 1 aromatic heterocycles. The smallest absolute Gasteiger partial charge is 0.221 e. The lowest BCUT2D eigenvalue weighted by Gasteiger charge is -2.14. The average Bonchev–Trinajstić information content (AvgIpc) is 2.62. The van der Waals surface area contributed by atoms with Crippen LogP contribution in [-0.4, -0.2) is 18.0 Å². The first-order valence-electron chi connectivity index (χ1n) is 8.31. The van der Waals surface area contributed by atoms with Crippen LogP contribution in [0.2, 0.25) is 0 Å². The van der Waals surface area contributed by atoms with Crippen LogP contribution in [0, 0.1) is 5.82 Å². The SMILES string of the molecule is CCc1cc(Nc2nccc3cc(OC)c(NC(C)=O)cc23)ccc1F. The van der Waals surface area contributed by atoms with Crippen LogP contribution in [-0.2, 0) is 11.2 Å². The van der Waals surface area contributed by atoms with E-state index in [1.54, 1.807) is 25.4 Å². The lowest BCUT2D eigenvalue weighted by molar-refractivity contribution is -0.114. The van der Waals surface area contributed by atoms with Gasteiger partial charge in [-0.25, -0.2) is 9.37 Å². The summed E-state index contributed by atoms with van der Waals surface area (Å²) >= 11 is 0. The molecule has 0 spiro atoms. The molecular weight excluding hydrogens is 333 g/mol. The summed E-state index contributed by atoms with van der Waals surface area (Å²) in [6, 6.07) is 10.4. The maximum Gasteiger partial charge on any atom is 0.221 e. The first-order chi connectivity index (χ1) is 12.5. The number of halogens is 1. The van der Waals surface area contributed by atoms with Crippen molar-refractivity contribution in [2.45, 2.75) is 20.3 Å². The van der Waals surface area contributed by atoms with E-state index in [0.717, 1.165) is 16.5 Å². The molecule has 0 aliphatic rings. The summed E-state index contributed by atoms with van der Waals surface area (Å²) in [4.78, 5) is 15.9. The van der Waals surface area contributed by atoms with Crippen molar-refractivity contribution in [3.05, 3.63) is 54.0 Å². The van der Waals surface area contributed by atoms with E-state index in [4.69, 9.17) is 4.74 Å². The predicted octanol–water partition coefficient (Wildman–Crippen LogP) is 4.65. The van der Waals surface area contributed by atoms with E-state index in [0.29, 0.717) is 29.2 Å². The molecule has 0 radical (unpaired) electrons. The van der Waals surface area contributed by atoms with Crippen molar-refractivity contribution in [2.75, 3.05) is 17.7 Å². The third kappa shape index (κ3) is 3.59. The number of methoxy groups -OCH3 is 1. The zero-order chi connectivity index (χ0) is 18.7. The van der Waals surface area contributed by atoms with Gasteiger partial charge in [-0.1, -0.05) is 6.92 Å². The number of hydrogen-bond acceptors (Lipinski definition) is 4. The average molecular weight is 353 g/mol. The number of fused-ring (bicyclic) bond motifs is 1. The van der Waals surface area contributed by atoms with Gasteiger partial charge in [-0.3, -0.25) is 4.79 Å². The highest BCUT2D eigenvalue weighted by Gasteiger charge is 2.11. The van der Waals surface area contributed by atoms with Gasteiger partial charge in [0.2, 0.25) is 5.91 Å². The molecule has 0 saturated heterocycles. The molecule has 1 heterocycles. The third-order valence-electron chi connectivity index (χ3n) is 4.08. The second-order valence-corrected chi connectivity index (χ2v) is 5.90. The highest BCUT2D eigenvalue weighted by atomic mass is 19.1. The molecule has 2 aromatic carbocycles. The number of hydrogen-bond donors (Lipinski definition) is 2. The van der Waals surface area contributed by atoms with E-state index in [9.17, 15) is 9.18 Å². The second kappa shape index (κ2) is 7.39. The number of ether oxygens (including phenoxy) is 1. The number of amides is 1. The van der Waals surface area contributed by atoms with Crippen LogP contribution in [0.5, 0.6) is 5.75 Å². The Balaban J connectivity index is 2.07. The molecule has 3 aromatic rings. The van der Waals surface area contributed by atoms with Gasteiger partial charge in [0, 0.05) is 24.2 Å². The minimum atomic E-state index is -0.221. The van der Waals surface area contributed by atoms with Gasteiger partial charge in [0.15, 0.2) is 0 Å².